The van der Waals surface area contributed by atoms with Crippen molar-refractivity contribution in [3.05, 3.63) is 87.5 Å². The molecule has 0 atom stereocenters. The molecule has 0 bridgehead atoms. The van der Waals surface area contributed by atoms with Crippen LogP contribution >= 0.6 is 11.6 Å². The van der Waals surface area contributed by atoms with Gasteiger partial charge in [0.05, 0.1) is 11.0 Å². The second-order valence-electron chi connectivity index (χ2n) is 6.51. The van der Waals surface area contributed by atoms with E-state index >= 15 is 0 Å². The topological polar surface area (TPSA) is 51.1 Å². The van der Waals surface area contributed by atoms with Gasteiger partial charge in [-0.15, -0.1) is 0 Å². The van der Waals surface area contributed by atoms with Gasteiger partial charge in [0.25, 0.3) is 0 Å². The number of para-hydroxylation sites is 1. The second kappa shape index (κ2) is 6.89. The highest BCUT2D eigenvalue weighted by atomic mass is 35.5. The number of anilines is 1. The number of amides is 1. The van der Waals surface area contributed by atoms with Crippen LogP contribution in [0.25, 0.3) is 21.8 Å². The van der Waals surface area contributed by atoms with Gasteiger partial charge in [0.15, 0.2) is 5.43 Å². The minimum absolute atomic E-state index is 0.0151. The highest BCUT2D eigenvalue weighted by molar-refractivity contribution is 6.30. The van der Waals surface area contributed by atoms with Crippen LogP contribution in [0.3, 0.4) is 0 Å². The standard InChI is InChI=1S/C22H17ClN2O2/c1-14-6-11-20-18(12-14)22(27)17-4-2-3-5-19(17)25(20)13-21(26)24-16-9-7-15(23)8-10-16/h2-12H,13H2,1H3,(H,24,26). The first-order valence-electron chi connectivity index (χ1n) is 8.60. The quantitative estimate of drug-likeness (QED) is 0.524. The lowest BCUT2D eigenvalue weighted by atomic mass is 10.1. The van der Waals surface area contributed by atoms with Crippen molar-refractivity contribution in [3.63, 3.8) is 0 Å². The van der Waals surface area contributed by atoms with Crippen LogP contribution in [0.15, 0.2) is 71.5 Å². The molecule has 134 valence electrons. The molecule has 0 spiro atoms. The van der Waals surface area contributed by atoms with Gasteiger partial charge < -0.3 is 9.88 Å². The summed E-state index contributed by atoms with van der Waals surface area (Å²) >= 11 is 5.89. The van der Waals surface area contributed by atoms with Crippen LogP contribution < -0.4 is 10.7 Å². The van der Waals surface area contributed by atoms with Crippen molar-refractivity contribution in [2.75, 3.05) is 5.32 Å². The fraction of sp³-hybridized carbons (Fsp3) is 0.0909. The molecule has 0 unspecified atom stereocenters. The first-order chi connectivity index (χ1) is 13.0. The highest BCUT2D eigenvalue weighted by Gasteiger charge is 2.13. The average Bonchev–Trinajstić information content (AvgIpc) is 2.67. The summed E-state index contributed by atoms with van der Waals surface area (Å²) in [6.45, 7) is 2.05. The van der Waals surface area contributed by atoms with Crippen LogP contribution in [0.1, 0.15) is 5.56 Å². The molecule has 27 heavy (non-hydrogen) atoms. The van der Waals surface area contributed by atoms with E-state index in [0.717, 1.165) is 16.6 Å². The molecule has 0 aliphatic rings. The molecular formula is C22H17ClN2O2. The van der Waals surface area contributed by atoms with Crippen molar-refractivity contribution in [1.29, 1.82) is 0 Å². The van der Waals surface area contributed by atoms with Gasteiger partial charge in [-0.05, 0) is 55.5 Å². The fourth-order valence-corrected chi connectivity index (χ4v) is 3.42. The number of aryl methyl sites for hydroxylation is 1. The van der Waals surface area contributed by atoms with E-state index in [2.05, 4.69) is 5.32 Å². The molecule has 0 saturated carbocycles. The van der Waals surface area contributed by atoms with Crippen molar-refractivity contribution in [2.24, 2.45) is 0 Å². The fourth-order valence-electron chi connectivity index (χ4n) is 3.29. The number of hydrogen-bond donors (Lipinski definition) is 1. The molecule has 0 radical (unpaired) electrons. The number of rotatable bonds is 3. The van der Waals surface area contributed by atoms with E-state index in [0.29, 0.717) is 21.5 Å². The van der Waals surface area contributed by atoms with E-state index in [1.54, 1.807) is 30.3 Å². The van der Waals surface area contributed by atoms with Gasteiger partial charge in [-0.25, -0.2) is 0 Å². The average molecular weight is 377 g/mol. The van der Waals surface area contributed by atoms with Gasteiger partial charge in [0.2, 0.25) is 5.91 Å². The number of aromatic nitrogens is 1. The minimum Gasteiger partial charge on any atom is -0.331 e. The number of hydrogen-bond acceptors (Lipinski definition) is 2. The van der Waals surface area contributed by atoms with Crippen LogP contribution in [0.2, 0.25) is 5.02 Å². The zero-order chi connectivity index (χ0) is 19.0. The van der Waals surface area contributed by atoms with Crippen molar-refractivity contribution < 1.29 is 4.79 Å². The van der Waals surface area contributed by atoms with Crippen molar-refractivity contribution >= 4 is 45.0 Å². The smallest absolute Gasteiger partial charge is 0.244 e. The van der Waals surface area contributed by atoms with Gasteiger partial charge in [-0.3, -0.25) is 9.59 Å². The molecule has 5 heteroatoms. The summed E-state index contributed by atoms with van der Waals surface area (Å²) in [6.07, 6.45) is 0. The Morgan fingerprint density at radius 2 is 1.67 bits per heavy atom. The number of carbonyl (C=O) groups excluding carboxylic acids is 1. The van der Waals surface area contributed by atoms with Crippen LogP contribution in [0.4, 0.5) is 5.69 Å². The van der Waals surface area contributed by atoms with Gasteiger partial charge in [-0.2, -0.15) is 0 Å². The first-order valence-corrected chi connectivity index (χ1v) is 8.98. The predicted molar refractivity (Wildman–Crippen MR) is 111 cm³/mol. The Balaban J connectivity index is 1.81. The van der Waals surface area contributed by atoms with E-state index in [-0.39, 0.29) is 17.9 Å². The number of benzene rings is 3. The number of nitrogens with one attached hydrogen (secondary N) is 1. The maximum absolute atomic E-state index is 12.9. The van der Waals surface area contributed by atoms with Gasteiger partial charge >= 0.3 is 0 Å². The van der Waals surface area contributed by atoms with E-state index < -0.39 is 0 Å². The maximum atomic E-state index is 12.9. The summed E-state index contributed by atoms with van der Waals surface area (Å²) in [5.41, 5.74) is 3.15. The normalized spacial score (nSPS) is 11.0. The Morgan fingerprint density at radius 3 is 2.44 bits per heavy atom. The number of nitrogens with zero attached hydrogens (tertiary/aromatic N) is 1. The lowest BCUT2D eigenvalue weighted by Gasteiger charge is -2.15. The third-order valence-corrected chi connectivity index (χ3v) is 4.81. The zero-order valence-corrected chi connectivity index (χ0v) is 15.5. The summed E-state index contributed by atoms with van der Waals surface area (Å²) in [5.74, 6) is -0.173. The van der Waals surface area contributed by atoms with Gasteiger partial charge in [-0.1, -0.05) is 35.4 Å². The highest BCUT2D eigenvalue weighted by Crippen LogP contribution is 2.21. The molecule has 4 rings (SSSR count). The van der Waals surface area contributed by atoms with E-state index in [4.69, 9.17) is 11.6 Å². The Labute approximate surface area is 161 Å². The largest absolute Gasteiger partial charge is 0.331 e. The molecule has 1 aromatic heterocycles. The van der Waals surface area contributed by atoms with Gasteiger partial charge in [0.1, 0.15) is 6.54 Å². The van der Waals surface area contributed by atoms with Crippen molar-refractivity contribution in [2.45, 2.75) is 13.5 Å². The number of carbonyl (C=O) groups is 1. The zero-order valence-electron chi connectivity index (χ0n) is 14.7. The predicted octanol–water partition coefficient (Wildman–Crippen LogP) is 4.76. The molecule has 4 nitrogen and oxygen atoms in total. The maximum Gasteiger partial charge on any atom is 0.244 e. The number of halogens is 1. The molecular weight excluding hydrogens is 360 g/mol. The Morgan fingerprint density at radius 1 is 0.963 bits per heavy atom. The number of fused-ring (bicyclic) bond motifs is 2. The molecule has 0 saturated heterocycles. The summed E-state index contributed by atoms with van der Waals surface area (Å²) < 4.78 is 1.89. The number of pyridine rings is 1. The first kappa shape index (κ1) is 17.3. The Kier molecular flexibility index (Phi) is 4.42. The monoisotopic (exact) mass is 376 g/mol. The van der Waals surface area contributed by atoms with Crippen molar-refractivity contribution in [1.82, 2.24) is 4.57 Å². The molecule has 0 aliphatic carbocycles. The molecule has 0 aliphatic heterocycles. The van der Waals surface area contributed by atoms with Gasteiger partial charge in [0, 0.05) is 21.5 Å². The molecule has 0 fully saturated rings. The Bertz CT molecular complexity index is 1230. The van der Waals surface area contributed by atoms with E-state index in [9.17, 15) is 9.59 Å². The molecule has 4 aromatic rings. The lowest BCUT2D eigenvalue weighted by molar-refractivity contribution is -0.116. The summed E-state index contributed by atoms with van der Waals surface area (Å²) in [7, 11) is 0. The van der Waals surface area contributed by atoms with E-state index in [1.807, 2.05) is 47.9 Å². The van der Waals surface area contributed by atoms with Crippen LogP contribution in [0, 0.1) is 6.92 Å². The molecule has 1 N–H and O–H groups in total. The third kappa shape index (κ3) is 3.32. The van der Waals surface area contributed by atoms with Crippen LogP contribution in [0.5, 0.6) is 0 Å². The SMILES string of the molecule is Cc1ccc2c(c1)c(=O)c1ccccc1n2CC(=O)Nc1ccc(Cl)cc1. The van der Waals surface area contributed by atoms with Crippen LogP contribution in [-0.4, -0.2) is 10.5 Å². The summed E-state index contributed by atoms with van der Waals surface area (Å²) in [4.78, 5) is 25.5. The summed E-state index contributed by atoms with van der Waals surface area (Å²) in [5, 5.41) is 4.71. The van der Waals surface area contributed by atoms with Crippen molar-refractivity contribution in [3.8, 4) is 0 Å². The Hall–Kier alpha value is -3.11. The summed E-state index contributed by atoms with van der Waals surface area (Å²) in [6, 6.07) is 20.1. The van der Waals surface area contributed by atoms with Crippen LogP contribution in [-0.2, 0) is 11.3 Å². The second-order valence-corrected chi connectivity index (χ2v) is 6.94. The third-order valence-electron chi connectivity index (χ3n) is 4.56. The molecule has 1 heterocycles. The van der Waals surface area contributed by atoms with E-state index in [1.165, 1.54) is 0 Å². The lowest BCUT2D eigenvalue weighted by Crippen LogP contribution is -2.21. The molecule has 3 aromatic carbocycles. The minimum atomic E-state index is -0.173. The molecule has 1 amide bonds.